The van der Waals surface area contributed by atoms with Gasteiger partial charge >= 0.3 is 5.97 Å². The van der Waals surface area contributed by atoms with E-state index >= 15 is 0 Å². The van der Waals surface area contributed by atoms with Gasteiger partial charge in [0.05, 0.1) is 17.1 Å². The SMILES string of the molecule is Cc1ccc(S(=O)(=O)CCC(=O)OC(C(=O)c2ccccc2)c2ccccc2)cc1. The van der Waals surface area contributed by atoms with Crippen molar-refractivity contribution in [1.29, 1.82) is 0 Å². The largest absolute Gasteiger partial charge is 0.449 e. The van der Waals surface area contributed by atoms with Crippen LogP contribution in [0.5, 0.6) is 0 Å². The average Bonchev–Trinajstić information content (AvgIpc) is 2.77. The molecule has 0 radical (unpaired) electrons. The highest BCUT2D eigenvalue weighted by molar-refractivity contribution is 7.91. The molecule has 5 nitrogen and oxygen atoms in total. The van der Waals surface area contributed by atoms with E-state index < -0.39 is 27.7 Å². The fourth-order valence-electron chi connectivity index (χ4n) is 2.93. The Kier molecular flexibility index (Phi) is 6.79. The molecule has 3 aromatic carbocycles. The lowest BCUT2D eigenvalue weighted by Gasteiger charge is -2.17. The van der Waals surface area contributed by atoms with Crippen LogP contribution in [0.3, 0.4) is 0 Å². The normalized spacial score (nSPS) is 12.2. The highest BCUT2D eigenvalue weighted by Crippen LogP contribution is 2.23. The van der Waals surface area contributed by atoms with Crippen molar-refractivity contribution in [2.75, 3.05) is 5.75 Å². The van der Waals surface area contributed by atoms with Crippen LogP contribution in [-0.2, 0) is 19.4 Å². The molecule has 0 amide bonds. The second-order valence-electron chi connectivity index (χ2n) is 6.89. The Labute approximate surface area is 176 Å². The maximum Gasteiger partial charge on any atom is 0.307 e. The Morgan fingerprint density at radius 3 is 2.00 bits per heavy atom. The fourth-order valence-corrected chi connectivity index (χ4v) is 4.15. The summed E-state index contributed by atoms with van der Waals surface area (Å²) < 4.78 is 30.4. The molecule has 0 heterocycles. The van der Waals surface area contributed by atoms with Crippen molar-refractivity contribution in [3.8, 4) is 0 Å². The molecule has 3 aromatic rings. The van der Waals surface area contributed by atoms with E-state index in [1.807, 2.05) is 6.92 Å². The molecule has 0 bridgehead atoms. The van der Waals surface area contributed by atoms with Crippen LogP contribution < -0.4 is 0 Å². The molecule has 0 aliphatic heterocycles. The number of hydrogen-bond acceptors (Lipinski definition) is 5. The Bertz CT molecular complexity index is 1110. The van der Waals surface area contributed by atoms with E-state index in [4.69, 9.17) is 4.74 Å². The van der Waals surface area contributed by atoms with Gasteiger partial charge in [0, 0.05) is 11.1 Å². The van der Waals surface area contributed by atoms with Gasteiger partial charge in [-0.2, -0.15) is 0 Å². The summed E-state index contributed by atoms with van der Waals surface area (Å²) in [4.78, 5) is 25.5. The number of sulfone groups is 1. The molecule has 1 atom stereocenters. The van der Waals surface area contributed by atoms with Gasteiger partial charge in [-0.05, 0) is 19.1 Å². The summed E-state index contributed by atoms with van der Waals surface area (Å²) in [6.07, 6.45) is -1.48. The standard InChI is InChI=1S/C24H22O5S/c1-18-12-14-21(15-13-18)30(27,28)17-16-22(25)29-24(20-10-6-3-7-11-20)23(26)19-8-4-2-5-9-19/h2-15,24H,16-17H2,1H3. The molecule has 0 spiro atoms. The highest BCUT2D eigenvalue weighted by Gasteiger charge is 2.27. The smallest absolute Gasteiger partial charge is 0.307 e. The van der Waals surface area contributed by atoms with Crippen molar-refractivity contribution in [2.24, 2.45) is 0 Å². The molecule has 0 N–H and O–H groups in total. The third-order valence-corrected chi connectivity index (χ3v) is 6.34. The zero-order chi connectivity index (χ0) is 21.6. The molecule has 0 saturated heterocycles. The van der Waals surface area contributed by atoms with Crippen LogP contribution in [0.4, 0.5) is 0 Å². The highest BCUT2D eigenvalue weighted by atomic mass is 32.2. The van der Waals surface area contributed by atoms with Crippen molar-refractivity contribution < 1.29 is 22.7 Å². The van der Waals surface area contributed by atoms with Crippen LogP contribution in [0.25, 0.3) is 0 Å². The zero-order valence-electron chi connectivity index (χ0n) is 16.5. The number of carbonyl (C=O) groups excluding carboxylic acids is 2. The first-order valence-corrected chi connectivity index (χ1v) is 11.2. The number of carbonyl (C=O) groups is 2. The third kappa shape index (κ3) is 5.42. The van der Waals surface area contributed by atoms with Gasteiger partial charge < -0.3 is 4.74 Å². The molecule has 3 rings (SSSR count). The Morgan fingerprint density at radius 1 is 0.833 bits per heavy atom. The molecular formula is C24H22O5S. The van der Waals surface area contributed by atoms with Crippen LogP contribution in [0.15, 0.2) is 89.8 Å². The van der Waals surface area contributed by atoms with Gasteiger partial charge in [0.2, 0.25) is 5.78 Å². The summed E-state index contributed by atoms with van der Waals surface area (Å²) in [7, 11) is -3.63. The molecule has 0 aromatic heterocycles. The van der Waals surface area contributed by atoms with Gasteiger partial charge in [0.1, 0.15) is 0 Å². The summed E-state index contributed by atoms with van der Waals surface area (Å²) >= 11 is 0. The molecular weight excluding hydrogens is 400 g/mol. The van der Waals surface area contributed by atoms with E-state index in [1.165, 1.54) is 12.1 Å². The minimum atomic E-state index is -3.63. The van der Waals surface area contributed by atoms with Gasteiger partial charge in [-0.25, -0.2) is 8.42 Å². The molecule has 0 aliphatic rings. The molecule has 6 heteroatoms. The van der Waals surface area contributed by atoms with Crippen LogP contribution >= 0.6 is 0 Å². The lowest BCUT2D eigenvalue weighted by molar-refractivity contribution is -0.146. The monoisotopic (exact) mass is 422 g/mol. The summed E-state index contributed by atoms with van der Waals surface area (Å²) in [5.74, 6) is -1.50. The van der Waals surface area contributed by atoms with Crippen molar-refractivity contribution in [3.05, 3.63) is 102 Å². The first-order chi connectivity index (χ1) is 14.4. The number of hydrogen-bond donors (Lipinski definition) is 0. The number of ether oxygens (including phenoxy) is 1. The van der Waals surface area contributed by atoms with E-state index in [0.29, 0.717) is 11.1 Å². The average molecular weight is 423 g/mol. The maximum atomic E-state index is 12.9. The number of aryl methyl sites for hydroxylation is 1. The second-order valence-corrected chi connectivity index (χ2v) is 9.00. The summed E-state index contributed by atoms with van der Waals surface area (Å²) in [5, 5.41) is 0. The molecule has 0 aliphatic carbocycles. The maximum absolute atomic E-state index is 12.9. The van der Waals surface area contributed by atoms with E-state index in [0.717, 1.165) is 5.56 Å². The second kappa shape index (κ2) is 9.50. The number of esters is 1. The fraction of sp³-hybridized carbons (Fsp3) is 0.167. The summed E-state index contributed by atoms with van der Waals surface area (Å²) in [6.45, 7) is 1.86. The molecule has 154 valence electrons. The summed E-state index contributed by atoms with van der Waals surface area (Å²) in [6, 6.07) is 23.7. The van der Waals surface area contributed by atoms with Gasteiger partial charge in [0.15, 0.2) is 15.9 Å². The van der Waals surface area contributed by atoms with Crippen molar-refractivity contribution >= 4 is 21.6 Å². The first kappa shape index (κ1) is 21.5. The van der Waals surface area contributed by atoms with Gasteiger partial charge in [-0.3, -0.25) is 9.59 Å². The van der Waals surface area contributed by atoms with E-state index in [1.54, 1.807) is 72.8 Å². The van der Waals surface area contributed by atoms with E-state index in [9.17, 15) is 18.0 Å². The number of ketones is 1. The Morgan fingerprint density at radius 2 is 1.40 bits per heavy atom. The minimum absolute atomic E-state index is 0.154. The van der Waals surface area contributed by atoms with Crippen LogP contribution in [0.1, 0.15) is 34.0 Å². The predicted octanol–water partition coefficient (Wildman–Crippen LogP) is 4.33. The van der Waals surface area contributed by atoms with Crippen molar-refractivity contribution in [3.63, 3.8) is 0 Å². The number of Topliss-reactive ketones (excluding diaryl/α,β-unsaturated/α-hetero) is 1. The summed E-state index contributed by atoms with van der Waals surface area (Å²) in [5.41, 5.74) is 1.88. The van der Waals surface area contributed by atoms with Crippen LogP contribution in [-0.4, -0.2) is 25.9 Å². The lowest BCUT2D eigenvalue weighted by atomic mass is 10.00. The molecule has 0 fully saturated rings. The molecule has 1 unspecified atom stereocenters. The van der Waals surface area contributed by atoms with E-state index in [2.05, 4.69) is 0 Å². The van der Waals surface area contributed by atoms with Crippen LogP contribution in [0.2, 0.25) is 0 Å². The Balaban J connectivity index is 1.73. The minimum Gasteiger partial charge on any atom is -0.449 e. The lowest BCUT2D eigenvalue weighted by Crippen LogP contribution is -2.22. The number of benzene rings is 3. The number of rotatable bonds is 8. The van der Waals surface area contributed by atoms with Crippen molar-refractivity contribution in [2.45, 2.75) is 24.3 Å². The molecule has 30 heavy (non-hydrogen) atoms. The third-order valence-electron chi connectivity index (χ3n) is 4.60. The van der Waals surface area contributed by atoms with Gasteiger partial charge in [-0.1, -0.05) is 78.4 Å². The van der Waals surface area contributed by atoms with Gasteiger partial charge in [0.25, 0.3) is 0 Å². The van der Waals surface area contributed by atoms with E-state index in [-0.39, 0.29) is 17.1 Å². The quantitative estimate of drug-likeness (QED) is 0.399. The predicted molar refractivity (Wildman–Crippen MR) is 114 cm³/mol. The Hall–Kier alpha value is -3.25. The van der Waals surface area contributed by atoms with Crippen LogP contribution in [0, 0.1) is 6.92 Å². The van der Waals surface area contributed by atoms with Gasteiger partial charge in [-0.15, -0.1) is 0 Å². The van der Waals surface area contributed by atoms with Crippen molar-refractivity contribution in [1.82, 2.24) is 0 Å². The topological polar surface area (TPSA) is 77.5 Å². The first-order valence-electron chi connectivity index (χ1n) is 9.50. The zero-order valence-corrected chi connectivity index (χ0v) is 17.3. The molecule has 0 saturated carbocycles.